The number of carboxylic acids is 1. The number of hydrogen-bond acceptors (Lipinski definition) is 4. The van der Waals surface area contributed by atoms with Crippen LogP contribution in [0.4, 0.5) is 13.6 Å². The van der Waals surface area contributed by atoms with Crippen LogP contribution in [0.15, 0.2) is 48.5 Å². The lowest BCUT2D eigenvalue weighted by molar-refractivity contribution is -0.164. The lowest BCUT2D eigenvalue weighted by Gasteiger charge is -2.20. The number of amides is 2. The number of carbonyl (C=O) groups is 3. The third-order valence-corrected chi connectivity index (χ3v) is 5.82. The van der Waals surface area contributed by atoms with Gasteiger partial charge in [-0.3, -0.25) is 4.79 Å². The molecule has 34 heavy (non-hydrogen) atoms. The molecule has 2 aromatic carbocycles. The van der Waals surface area contributed by atoms with Crippen molar-refractivity contribution in [1.29, 1.82) is 0 Å². The van der Waals surface area contributed by atoms with Gasteiger partial charge >= 0.3 is 18.0 Å². The van der Waals surface area contributed by atoms with Crippen molar-refractivity contribution in [3.05, 3.63) is 59.7 Å². The Morgan fingerprint density at radius 1 is 1.06 bits per heavy atom. The Kier molecular flexibility index (Phi) is 8.20. The molecule has 7 nitrogen and oxygen atoms in total. The number of alkyl halides is 2. The summed E-state index contributed by atoms with van der Waals surface area (Å²) in [6.07, 6.45) is 0.990. The zero-order chi connectivity index (χ0) is 24.7. The standard InChI is InChI=1S/C25H28F2N2O5/c1-2-3-8-16(13-22(30)28-15-25(26,27)23(31)32)29-24(33)34-14-21-19-11-6-4-9-17(19)18-10-5-7-12-20(18)21/h4-7,9-12,16,21H,2-3,8,13-15H2,1H3,(H,28,30)(H,29,33)(H,31,32)/t16-/m0/s1. The number of unbranched alkanes of at least 4 members (excludes halogenated alkanes) is 1. The number of halogens is 2. The van der Waals surface area contributed by atoms with Gasteiger partial charge in [-0.15, -0.1) is 0 Å². The van der Waals surface area contributed by atoms with Crippen LogP contribution in [-0.4, -0.2) is 48.2 Å². The second-order valence-electron chi connectivity index (χ2n) is 8.30. The molecule has 0 unspecified atom stereocenters. The summed E-state index contributed by atoms with van der Waals surface area (Å²) in [6, 6.07) is 15.2. The average molecular weight is 475 g/mol. The molecular weight excluding hydrogens is 446 g/mol. The van der Waals surface area contributed by atoms with E-state index >= 15 is 0 Å². The summed E-state index contributed by atoms with van der Waals surface area (Å²) in [4.78, 5) is 35.1. The van der Waals surface area contributed by atoms with E-state index in [4.69, 9.17) is 9.84 Å². The van der Waals surface area contributed by atoms with E-state index < -0.39 is 36.5 Å². The summed E-state index contributed by atoms with van der Waals surface area (Å²) in [6.45, 7) is 0.738. The quantitative estimate of drug-likeness (QED) is 0.450. The first-order valence-electron chi connectivity index (χ1n) is 11.2. The number of benzene rings is 2. The number of nitrogens with one attached hydrogen (secondary N) is 2. The SMILES string of the molecule is CCCC[C@@H](CC(=O)NCC(F)(F)C(=O)O)NC(=O)OCC1c2ccccc2-c2ccccc21. The molecule has 3 N–H and O–H groups in total. The molecule has 2 aromatic rings. The van der Waals surface area contributed by atoms with Gasteiger partial charge < -0.3 is 20.5 Å². The van der Waals surface area contributed by atoms with Crippen molar-refractivity contribution in [2.75, 3.05) is 13.2 Å². The van der Waals surface area contributed by atoms with E-state index in [9.17, 15) is 23.2 Å². The Morgan fingerprint density at radius 2 is 1.65 bits per heavy atom. The lowest BCUT2D eigenvalue weighted by atomic mass is 9.98. The zero-order valence-electron chi connectivity index (χ0n) is 18.9. The fourth-order valence-electron chi connectivity index (χ4n) is 4.06. The molecule has 1 aliphatic carbocycles. The second-order valence-corrected chi connectivity index (χ2v) is 8.30. The van der Waals surface area contributed by atoms with Gasteiger partial charge in [0.2, 0.25) is 5.91 Å². The first-order valence-corrected chi connectivity index (χ1v) is 11.2. The molecule has 0 spiro atoms. The molecule has 9 heteroatoms. The minimum absolute atomic E-state index is 0.109. The van der Waals surface area contributed by atoms with Crippen LogP contribution >= 0.6 is 0 Å². The highest BCUT2D eigenvalue weighted by molar-refractivity contribution is 5.81. The van der Waals surface area contributed by atoms with Gasteiger partial charge in [-0.25, -0.2) is 9.59 Å². The topological polar surface area (TPSA) is 105 Å². The largest absolute Gasteiger partial charge is 0.477 e. The van der Waals surface area contributed by atoms with Crippen LogP contribution in [0.3, 0.4) is 0 Å². The summed E-state index contributed by atoms with van der Waals surface area (Å²) in [5.41, 5.74) is 4.33. The predicted octanol–water partition coefficient (Wildman–Crippen LogP) is 4.31. The van der Waals surface area contributed by atoms with Gasteiger partial charge in [0.05, 0.1) is 6.54 Å². The highest BCUT2D eigenvalue weighted by Crippen LogP contribution is 2.44. The summed E-state index contributed by atoms with van der Waals surface area (Å²) in [7, 11) is 0. The van der Waals surface area contributed by atoms with Crippen LogP contribution in [0.1, 0.15) is 49.7 Å². The van der Waals surface area contributed by atoms with Crippen LogP contribution in [0.25, 0.3) is 11.1 Å². The Hall–Kier alpha value is -3.49. The van der Waals surface area contributed by atoms with E-state index in [1.54, 1.807) is 0 Å². The molecule has 0 fully saturated rings. The number of fused-ring (bicyclic) bond motifs is 3. The van der Waals surface area contributed by atoms with Crippen molar-refractivity contribution in [3.8, 4) is 11.1 Å². The first-order chi connectivity index (χ1) is 16.2. The second kappa shape index (κ2) is 11.1. The number of aliphatic carboxylic acids is 1. The van der Waals surface area contributed by atoms with Crippen LogP contribution in [-0.2, 0) is 14.3 Å². The summed E-state index contributed by atoms with van der Waals surface area (Å²) >= 11 is 0. The predicted molar refractivity (Wildman–Crippen MR) is 122 cm³/mol. The van der Waals surface area contributed by atoms with Crippen LogP contribution in [0.2, 0.25) is 0 Å². The maximum atomic E-state index is 13.2. The Balaban J connectivity index is 1.58. The normalized spacial score (nSPS) is 13.5. The average Bonchev–Trinajstić information content (AvgIpc) is 3.13. The first kappa shape index (κ1) is 25.1. The van der Waals surface area contributed by atoms with Crippen LogP contribution in [0.5, 0.6) is 0 Å². The van der Waals surface area contributed by atoms with E-state index in [0.29, 0.717) is 12.8 Å². The monoisotopic (exact) mass is 474 g/mol. The van der Waals surface area contributed by atoms with Crippen molar-refractivity contribution < 1.29 is 33.0 Å². The molecule has 1 atom stereocenters. The molecule has 3 rings (SSSR count). The number of carbonyl (C=O) groups excluding carboxylic acids is 2. The molecule has 0 heterocycles. The van der Waals surface area contributed by atoms with Gasteiger partial charge in [-0.1, -0.05) is 68.3 Å². The molecule has 0 bridgehead atoms. The van der Waals surface area contributed by atoms with E-state index in [1.165, 1.54) is 0 Å². The third kappa shape index (κ3) is 6.09. The van der Waals surface area contributed by atoms with Crippen molar-refractivity contribution in [2.45, 2.75) is 50.5 Å². The minimum atomic E-state index is -4.06. The molecular formula is C25H28F2N2O5. The number of rotatable bonds is 11. The van der Waals surface area contributed by atoms with E-state index in [2.05, 4.69) is 5.32 Å². The van der Waals surface area contributed by atoms with Gasteiger partial charge in [-0.2, -0.15) is 8.78 Å². The molecule has 1 aliphatic rings. The fourth-order valence-corrected chi connectivity index (χ4v) is 4.06. The Morgan fingerprint density at radius 3 is 2.21 bits per heavy atom. The number of hydrogen-bond donors (Lipinski definition) is 3. The van der Waals surface area contributed by atoms with Crippen molar-refractivity contribution >= 4 is 18.0 Å². The van der Waals surface area contributed by atoms with E-state index in [1.807, 2.05) is 60.8 Å². The van der Waals surface area contributed by atoms with Gasteiger partial charge in [0.15, 0.2) is 0 Å². The molecule has 0 saturated carbocycles. The summed E-state index contributed by atoms with van der Waals surface area (Å²) in [5, 5.41) is 13.0. The van der Waals surface area contributed by atoms with E-state index in [-0.39, 0.29) is 18.9 Å². The maximum absolute atomic E-state index is 13.2. The third-order valence-electron chi connectivity index (χ3n) is 5.82. The number of alkyl carbamates (subject to hydrolysis) is 1. The number of carboxylic acid groups (broad SMARTS) is 1. The van der Waals surface area contributed by atoms with Crippen molar-refractivity contribution in [3.63, 3.8) is 0 Å². The van der Waals surface area contributed by atoms with E-state index in [0.717, 1.165) is 28.7 Å². The molecule has 182 valence electrons. The molecule has 0 radical (unpaired) electrons. The summed E-state index contributed by atoms with van der Waals surface area (Å²) in [5.74, 6) is -7.27. The zero-order valence-corrected chi connectivity index (χ0v) is 18.9. The van der Waals surface area contributed by atoms with Gasteiger partial charge in [0.25, 0.3) is 0 Å². The molecule has 0 aromatic heterocycles. The van der Waals surface area contributed by atoms with Crippen LogP contribution < -0.4 is 10.6 Å². The van der Waals surface area contributed by atoms with Gasteiger partial charge in [0, 0.05) is 18.4 Å². The van der Waals surface area contributed by atoms with Gasteiger partial charge in [-0.05, 0) is 28.7 Å². The Bertz CT molecular complexity index is 998. The van der Waals surface area contributed by atoms with Crippen molar-refractivity contribution in [2.24, 2.45) is 0 Å². The fraction of sp³-hybridized carbons (Fsp3) is 0.400. The van der Waals surface area contributed by atoms with Gasteiger partial charge in [0.1, 0.15) is 6.61 Å². The molecule has 0 aliphatic heterocycles. The Labute approximate surface area is 196 Å². The van der Waals surface area contributed by atoms with Crippen molar-refractivity contribution in [1.82, 2.24) is 10.6 Å². The summed E-state index contributed by atoms with van der Waals surface area (Å²) < 4.78 is 31.9. The van der Waals surface area contributed by atoms with Crippen LogP contribution in [0, 0.1) is 0 Å². The maximum Gasteiger partial charge on any atom is 0.407 e. The molecule has 2 amide bonds. The smallest absolute Gasteiger partial charge is 0.407 e. The highest BCUT2D eigenvalue weighted by atomic mass is 19.3. The lowest BCUT2D eigenvalue weighted by Crippen LogP contribution is -2.45. The minimum Gasteiger partial charge on any atom is -0.477 e. The number of ether oxygens (including phenoxy) is 1. The molecule has 0 saturated heterocycles. The highest BCUT2D eigenvalue weighted by Gasteiger charge is 2.39.